The highest BCUT2D eigenvalue weighted by Crippen LogP contribution is 2.37. The number of hydrogen-bond donors (Lipinski definition) is 2. The zero-order valence-corrected chi connectivity index (χ0v) is 16.9. The molecule has 150 valence electrons. The third-order valence-corrected chi connectivity index (χ3v) is 6.91. The second-order valence-corrected chi connectivity index (χ2v) is 8.92. The van der Waals surface area contributed by atoms with E-state index < -0.39 is 6.03 Å². The molecule has 7 heteroatoms. The van der Waals surface area contributed by atoms with Gasteiger partial charge in [-0.1, -0.05) is 35.6 Å². The van der Waals surface area contributed by atoms with Crippen LogP contribution in [0.2, 0.25) is 0 Å². The topological polar surface area (TPSA) is 80.5 Å². The van der Waals surface area contributed by atoms with Crippen molar-refractivity contribution in [3.63, 3.8) is 0 Å². The van der Waals surface area contributed by atoms with E-state index in [0.717, 1.165) is 35.4 Å². The van der Waals surface area contributed by atoms with E-state index in [-0.39, 0.29) is 6.04 Å². The first-order chi connectivity index (χ1) is 14.1. The molecule has 2 aromatic carbocycles. The maximum Gasteiger partial charge on any atom is 0.312 e. The lowest BCUT2D eigenvalue weighted by molar-refractivity contribution is 0.112. The lowest BCUT2D eigenvalue weighted by Gasteiger charge is -2.39. The molecule has 3 aromatic rings. The van der Waals surface area contributed by atoms with E-state index in [4.69, 9.17) is 10.5 Å². The summed E-state index contributed by atoms with van der Waals surface area (Å²) in [7, 11) is 0. The van der Waals surface area contributed by atoms with Crippen molar-refractivity contribution in [1.29, 1.82) is 0 Å². The third kappa shape index (κ3) is 3.93. The van der Waals surface area contributed by atoms with Crippen molar-refractivity contribution >= 4 is 27.6 Å². The molecule has 2 aliphatic rings. The fraction of sp³-hybridized carbons (Fsp3) is 0.364. The molecule has 2 amide bonds. The molecule has 2 saturated heterocycles. The zero-order chi connectivity index (χ0) is 19.8. The molecule has 3 N–H and O–H groups in total. The van der Waals surface area contributed by atoms with Crippen LogP contribution in [0.1, 0.15) is 31.2 Å². The molecule has 29 heavy (non-hydrogen) atoms. The number of amides is 2. The number of nitrogens with zero attached hydrogens (tertiary/aromatic N) is 2. The SMILES string of the molecule is NC(=O)NC1CC2CC[C@H](C1)N2Cc1ccc(Oc2nc3ccccc3s2)cc1. The van der Waals surface area contributed by atoms with Crippen molar-refractivity contribution in [3.8, 4) is 10.9 Å². The molecule has 1 aromatic heterocycles. The summed E-state index contributed by atoms with van der Waals surface area (Å²) in [4.78, 5) is 18.3. The Morgan fingerprint density at radius 1 is 1.14 bits per heavy atom. The summed E-state index contributed by atoms with van der Waals surface area (Å²) in [5, 5.41) is 3.57. The summed E-state index contributed by atoms with van der Waals surface area (Å²) in [6.07, 6.45) is 4.36. The predicted molar refractivity (Wildman–Crippen MR) is 114 cm³/mol. The standard InChI is InChI=1S/C22H24N4O2S/c23-21(27)24-15-11-16-7-8-17(12-15)26(16)13-14-5-9-18(10-6-14)28-22-25-19-3-1-2-4-20(19)29-22/h1-6,9-10,15-17H,7-8,11-13H2,(H3,23,24,27)/t15?,16-,17?/m1/s1. The number of carbonyl (C=O) groups excluding carboxylic acids is 1. The van der Waals surface area contributed by atoms with Crippen molar-refractivity contribution < 1.29 is 9.53 Å². The molecule has 6 nitrogen and oxygen atoms in total. The Labute approximate surface area is 173 Å². The van der Waals surface area contributed by atoms with Gasteiger partial charge in [-0.2, -0.15) is 0 Å². The van der Waals surface area contributed by atoms with Crippen LogP contribution in [0.3, 0.4) is 0 Å². The van der Waals surface area contributed by atoms with Gasteiger partial charge in [0.2, 0.25) is 0 Å². The quantitative estimate of drug-likeness (QED) is 0.661. The van der Waals surface area contributed by atoms with Crippen molar-refractivity contribution in [2.75, 3.05) is 0 Å². The smallest absolute Gasteiger partial charge is 0.312 e. The summed E-state index contributed by atoms with van der Waals surface area (Å²) in [5.41, 5.74) is 7.55. The molecule has 2 aliphatic heterocycles. The van der Waals surface area contributed by atoms with Gasteiger partial charge >= 0.3 is 6.03 Å². The molecule has 3 heterocycles. The molecular weight excluding hydrogens is 384 g/mol. The second-order valence-electron chi connectivity index (χ2n) is 7.93. The van der Waals surface area contributed by atoms with Crippen LogP contribution in [-0.2, 0) is 6.54 Å². The first kappa shape index (κ1) is 18.4. The van der Waals surface area contributed by atoms with E-state index in [2.05, 4.69) is 33.4 Å². The van der Waals surface area contributed by atoms with Gasteiger partial charge in [0.15, 0.2) is 0 Å². The molecule has 0 radical (unpaired) electrons. The first-order valence-electron chi connectivity index (χ1n) is 10.1. The number of benzene rings is 2. The van der Waals surface area contributed by atoms with E-state index in [1.807, 2.05) is 30.3 Å². The summed E-state index contributed by atoms with van der Waals surface area (Å²) in [6, 6.07) is 17.2. The molecule has 0 spiro atoms. The largest absolute Gasteiger partial charge is 0.431 e. The van der Waals surface area contributed by atoms with Gasteiger partial charge in [-0.15, -0.1) is 0 Å². The number of rotatable bonds is 5. The Morgan fingerprint density at radius 3 is 2.55 bits per heavy atom. The Hall–Kier alpha value is -2.64. The number of thiazole rings is 1. The number of para-hydroxylation sites is 1. The minimum Gasteiger partial charge on any atom is -0.431 e. The number of piperidine rings is 1. The Bertz CT molecular complexity index is 972. The lowest BCUT2D eigenvalue weighted by atomic mass is 9.96. The van der Waals surface area contributed by atoms with E-state index in [0.29, 0.717) is 17.3 Å². The van der Waals surface area contributed by atoms with Gasteiger partial charge in [-0.25, -0.2) is 9.78 Å². The number of carbonyl (C=O) groups is 1. The van der Waals surface area contributed by atoms with E-state index >= 15 is 0 Å². The van der Waals surface area contributed by atoms with Crippen molar-refractivity contribution in [2.24, 2.45) is 5.73 Å². The summed E-state index contributed by atoms with van der Waals surface area (Å²) >= 11 is 1.56. The number of hydrogen-bond acceptors (Lipinski definition) is 5. The first-order valence-corrected chi connectivity index (χ1v) is 10.9. The molecule has 0 saturated carbocycles. The molecule has 2 fully saturated rings. The second kappa shape index (κ2) is 7.65. The Balaban J connectivity index is 1.22. The minimum atomic E-state index is -0.411. The molecule has 2 bridgehead atoms. The van der Waals surface area contributed by atoms with Crippen LogP contribution in [-0.4, -0.2) is 34.0 Å². The van der Waals surface area contributed by atoms with Crippen molar-refractivity contribution in [3.05, 3.63) is 54.1 Å². The fourth-order valence-electron chi connectivity index (χ4n) is 4.72. The molecule has 3 atom stereocenters. The van der Waals surface area contributed by atoms with Crippen LogP contribution < -0.4 is 15.8 Å². The number of fused-ring (bicyclic) bond motifs is 3. The zero-order valence-electron chi connectivity index (χ0n) is 16.1. The maximum absolute atomic E-state index is 11.2. The fourth-order valence-corrected chi connectivity index (χ4v) is 5.56. The number of aromatic nitrogens is 1. The number of primary amides is 1. The highest BCUT2D eigenvalue weighted by molar-refractivity contribution is 7.20. The van der Waals surface area contributed by atoms with Crippen molar-refractivity contribution in [1.82, 2.24) is 15.2 Å². The van der Waals surface area contributed by atoms with Gasteiger partial charge in [-0.05, 0) is 55.5 Å². The van der Waals surface area contributed by atoms with Gasteiger partial charge in [0, 0.05) is 24.7 Å². The maximum atomic E-state index is 11.2. The Kier molecular flexibility index (Phi) is 4.85. The van der Waals surface area contributed by atoms with Crippen LogP contribution in [0, 0.1) is 0 Å². The van der Waals surface area contributed by atoms with Gasteiger partial charge in [0.1, 0.15) is 5.75 Å². The highest BCUT2D eigenvalue weighted by atomic mass is 32.1. The number of urea groups is 1. The van der Waals surface area contributed by atoms with E-state index in [1.54, 1.807) is 11.3 Å². The lowest BCUT2D eigenvalue weighted by Crippen LogP contribution is -2.51. The molecule has 5 rings (SSSR count). The van der Waals surface area contributed by atoms with Crippen LogP contribution in [0.15, 0.2) is 48.5 Å². The number of nitrogens with two attached hydrogens (primary N) is 1. The van der Waals surface area contributed by atoms with Gasteiger partial charge < -0.3 is 15.8 Å². The molecular formula is C22H24N4O2S. The summed E-state index contributed by atoms with van der Waals surface area (Å²) in [5.74, 6) is 0.806. The predicted octanol–water partition coefficient (Wildman–Crippen LogP) is 4.25. The van der Waals surface area contributed by atoms with Crippen LogP contribution in [0.25, 0.3) is 10.2 Å². The van der Waals surface area contributed by atoms with Crippen LogP contribution >= 0.6 is 11.3 Å². The minimum absolute atomic E-state index is 0.214. The average Bonchev–Trinajstić information content (AvgIpc) is 3.20. The number of nitrogens with one attached hydrogen (secondary N) is 1. The normalized spacial score (nSPS) is 23.9. The monoisotopic (exact) mass is 408 g/mol. The Morgan fingerprint density at radius 2 is 1.86 bits per heavy atom. The molecule has 2 unspecified atom stereocenters. The summed E-state index contributed by atoms with van der Waals surface area (Å²) in [6.45, 7) is 0.931. The van der Waals surface area contributed by atoms with Crippen LogP contribution in [0.4, 0.5) is 4.79 Å². The highest BCUT2D eigenvalue weighted by Gasteiger charge is 2.40. The van der Waals surface area contributed by atoms with Crippen molar-refractivity contribution in [2.45, 2.75) is 50.4 Å². The summed E-state index contributed by atoms with van der Waals surface area (Å²) < 4.78 is 7.08. The molecule has 0 aliphatic carbocycles. The van der Waals surface area contributed by atoms with Gasteiger partial charge in [0.05, 0.1) is 10.2 Å². The average molecular weight is 409 g/mol. The third-order valence-electron chi connectivity index (χ3n) is 6.00. The van der Waals surface area contributed by atoms with Crippen LogP contribution in [0.5, 0.6) is 10.9 Å². The van der Waals surface area contributed by atoms with E-state index in [9.17, 15) is 4.79 Å². The van der Waals surface area contributed by atoms with Gasteiger partial charge in [0.25, 0.3) is 5.19 Å². The van der Waals surface area contributed by atoms with Gasteiger partial charge in [-0.3, -0.25) is 4.90 Å². The number of ether oxygens (including phenoxy) is 1. The van der Waals surface area contributed by atoms with E-state index in [1.165, 1.54) is 18.4 Å².